The maximum absolute atomic E-state index is 5.04. The van der Waals surface area contributed by atoms with E-state index in [-0.39, 0.29) is 5.41 Å². The second-order valence-electron chi connectivity index (χ2n) is 9.91. The third-order valence-corrected chi connectivity index (χ3v) is 8.13. The summed E-state index contributed by atoms with van der Waals surface area (Å²) in [5.41, 5.74) is 6.57. The van der Waals surface area contributed by atoms with E-state index in [4.69, 9.17) is 4.98 Å². The Morgan fingerprint density at radius 2 is 1.77 bits per heavy atom. The number of benzene rings is 2. The van der Waals surface area contributed by atoms with E-state index in [1.807, 2.05) is 11.3 Å². The topological polar surface area (TPSA) is 21.7 Å². The molecule has 0 aliphatic heterocycles. The van der Waals surface area contributed by atoms with E-state index in [0.717, 1.165) is 5.52 Å². The monoisotopic (exact) mass is 418 g/mol. The highest BCUT2D eigenvalue weighted by Crippen LogP contribution is 2.41. The van der Waals surface area contributed by atoms with E-state index in [0.29, 0.717) is 6.04 Å². The zero-order chi connectivity index (χ0) is 21.0. The molecule has 1 aliphatic carbocycles. The third-order valence-electron chi connectivity index (χ3n) is 6.62. The van der Waals surface area contributed by atoms with Crippen molar-refractivity contribution in [2.75, 3.05) is 0 Å². The molecule has 5 rings (SSSR count). The summed E-state index contributed by atoms with van der Waals surface area (Å²) >= 11 is 1.88. The molecule has 1 fully saturated rings. The molecule has 2 aromatic carbocycles. The van der Waals surface area contributed by atoms with E-state index < -0.39 is 0 Å². The first-order chi connectivity index (χ1) is 14.4. The maximum Gasteiger partial charge on any atom is 0.291 e. The number of thiazole rings is 1. The summed E-state index contributed by atoms with van der Waals surface area (Å²) in [4.78, 5) is 5.04. The summed E-state index contributed by atoms with van der Waals surface area (Å²) in [6.07, 6.45) is 6.58. The second-order valence-corrected chi connectivity index (χ2v) is 10.9. The molecule has 0 atom stereocenters. The predicted octanol–water partition coefficient (Wildman–Crippen LogP) is 6.85. The van der Waals surface area contributed by atoms with Crippen LogP contribution in [0.15, 0.2) is 36.4 Å². The molecule has 156 valence electrons. The zero-order valence-electron chi connectivity index (χ0n) is 18.8. The number of rotatable bonds is 2. The van der Waals surface area contributed by atoms with Crippen LogP contribution in [0, 0.1) is 6.92 Å². The van der Waals surface area contributed by atoms with Gasteiger partial charge in [0, 0.05) is 5.41 Å². The van der Waals surface area contributed by atoms with Gasteiger partial charge in [0.05, 0.1) is 27.8 Å². The highest BCUT2D eigenvalue weighted by Gasteiger charge is 2.33. The van der Waals surface area contributed by atoms with Crippen molar-refractivity contribution in [3.8, 4) is 11.4 Å². The smallest absolute Gasteiger partial charge is 0.241 e. The number of aryl methyl sites for hydroxylation is 2. The molecule has 0 N–H and O–H groups in total. The summed E-state index contributed by atoms with van der Waals surface area (Å²) in [6.45, 7) is 9.04. The van der Waals surface area contributed by atoms with Crippen molar-refractivity contribution in [2.45, 2.75) is 71.3 Å². The average molecular weight is 419 g/mol. The summed E-state index contributed by atoms with van der Waals surface area (Å²) in [6, 6.07) is 13.9. The highest BCUT2D eigenvalue weighted by molar-refractivity contribution is 7.19. The van der Waals surface area contributed by atoms with Crippen molar-refractivity contribution < 1.29 is 4.57 Å². The van der Waals surface area contributed by atoms with Gasteiger partial charge in [0.1, 0.15) is 6.04 Å². The molecule has 30 heavy (non-hydrogen) atoms. The highest BCUT2D eigenvalue weighted by atomic mass is 32.1. The minimum Gasteiger partial charge on any atom is -0.241 e. The molecule has 0 radical (unpaired) electrons. The molecular formula is C26H32N3S+. The Labute approximate surface area is 183 Å². The van der Waals surface area contributed by atoms with Crippen molar-refractivity contribution in [3.05, 3.63) is 47.0 Å². The number of aromatic nitrogens is 3. The lowest BCUT2D eigenvalue weighted by atomic mass is 9.94. The van der Waals surface area contributed by atoms with Gasteiger partial charge in [-0.25, -0.2) is 14.1 Å². The Morgan fingerprint density at radius 3 is 2.50 bits per heavy atom. The number of hydrogen-bond donors (Lipinski definition) is 0. The van der Waals surface area contributed by atoms with Crippen LogP contribution in [0.2, 0.25) is 0 Å². The summed E-state index contributed by atoms with van der Waals surface area (Å²) in [5, 5.41) is 1.22. The standard InChI is InChI=1S/C26H32N3S/c1-17-15-16-19-23(30-25(27-19)26(2,3)4)22(17)24-28(5)20-13-9-10-14-21(20)29(24)18-11-7-6-8-12-18/h9-10,13-16,18H,6-8,11-12H2,1-5H3/q+1. The lowest BCUT2D eigenvalue weighted by Crippen LogP contribution is -2.31. The van der Waals surface area contributed by atoms with Crippen LogP contribution in [0.25, 0.3) is 32.6 Å². The average Bonchev–Trinajstić information content (AvgIpc) is 3.29. The van der Waals surface area contributed by atoms with E-state index in [9.17, 15) is 0 Å². The number of fused-ring (bicyclic) bond motifs is 2. The zero-order valence-corrected chi connectivity index (χ0v) is 19.6. The fourth-order valence-electron chi connectivity index (χ4n) is 5.03. The van der Waals surface area contributed by atoms with Gasteiger partial charge < -0.3 is 0 Å². The van der Waals surface area contributed by atoms with Crippen LogP contribution in [-0.4, -0.2) is 9.55 Å². The Kier molecular flexibility index (Phi) is 4.73. The van der Waals surface area contributed by atoms with E-state index in [2.05, 4.69) is 80.3 Å². The van der Waals surface area contributed by atoms with Gasteiger partial charge in [-0.1, -0.05) is 45.4 Å². The molecule has 1 aliphatic rings. The molecular weight excluding hydrogens is 386 g/mol. The first-order valence-corrected chi connectivity index (χ1v) is 12.1. The van der Waals surface area contributed by atoms with Gasteiger partial charge in [0.25, 0.3) is 5.82 Å². The van der Waals surface area contributed by atoms with Crippen LogP contribution in [0.4, 0.5) is 0 Å². The molecule has 0 amide bonds. The Morgan fingerprint density at radius 1 is 1.03 bits per heavy atom. The minimum atomic E-state index is 0.0626. The van der Waals surface area contributed by atoms with Crippen molar-refractivity contribution >= 4 is 32.6 Å². The van der Waals surface area contributed by atoms with E-state index >= 15 is 0 Å². The molecule has 2 aromatic heterocycles. The number of hydrogen-bond acceptors (Lipinski definition) is 2. The quantitative estimate of drug-likeness (QED) is 0.326. The van der Waals surface area contributed by atoms with Crippen LogP contribution in [0.5, 0.6) is 0 Å². The predicted molar refractivity (Wildman–Crippen MR) is 127 cm³/mol. The van der Waals surface area contributed by atoms with E-state index in [1.165, 1.54) is 69.8 Å². The molecule has 1 saturated carbocycles. The second kappa shape index (κ2) is 7.19. The van der Waals surface area contributed by atoms with Gasteiger partial charge in [-0.15, -0.1) is 11.3 Å². The SMILES string of the molecule is Cc1ccc2nc(C(C)(C)C)sc2c1-c1n(C2CCCCC2)c2ccccc2[n+]1C. The Balaban J connectivity index is 1.85. The van der Waals surface area contributed by atoms with Crippen molar-refractivity contribution in [1.29, 1.82) is 0 Å². The molecule has 4 heteroatoms. The van der Waals surface area contributed by atoms with Gasteiger partial charge in [0.15, 0.2) is 11.0 Å². The van der Waals surface area contributed by atoms with Crippen LogP contribution in [-0.2, 0) is 12.5 Å². The van der Waals surface area contributed by atoms with Crippen LogP contribution >= 0.6 is 11.3 Å². The molecule has 0 bridgehead atoms. The van der Waals surface area contributed by atoms with Crippen LogP contribution in [0.1, 0.15) is 69.5 Å². The molecule has 0 spiro atoms. The first kappa shape index (κ1) is 19.7. The Bertz CT molecular complexity index is 1230. The van der Waals surface area contributed by atoms with Crippen molar-refractivity contribution in [3.63, 3.8) is 0 Å². The summed E-state index contributed by atoms with van der Waals surface area (Å²) in [5.74, 6) is 1.34. The molecule has 2 heterocycles. The van der Waals surface area contributed by atoms with Crippen LogP contribution in [0.3, 0.4) is 0 Å². The van der Waals surface area contributed by atoms with Gasteiger partial charge in [-0.05, 0) is 56.4 Å². The molecule has 3 nitrogen and oxygen atoms in total. The summed E-state index contributed by atoms with van der Waals surface area (Å²) in [7, 11) is 2.24. The molecule has 0 saturated heterocycles. The fourth-order valence-corrected chi connectivity index (χ4v) is 6.24. The van der Waals surface area contributed by atoms with Crippen molar-refractivity contribution in [1.82, 2.24) is 9.55 Å². The summed E-state index contributed by atoms with van der Waals surface area (Å²) < 4.78 is 6.41. The minimum absolute atomic E-state index is 0.0626. The fraction of sp³-hybridized carbons (Fsp3) is 0.462. The number of imidazole rings is 1. The Hall–Kier alpha value is -2.20. The van der Waals surface area contributed by atoms with Crippen molar-refractivity contribution in [2.24, 2.45) is 7.05 Å². The first-order valence-electron chi connectivity index (χ1n) is 11.3. The lowest BCUT2D eigenvalue weighted by Gasteiger charge is -2.21. The number of para-hydroxylation sites is 2. The van der Waals surface area contributed by atoms with Crippen LogP contribution < -0.4 is 4.57 Å². The third kappa shape index (κ3) is 3.08. The largest absolute Gasteiger partial charge is 0.291 e. The van der Waals surface area contributed by atoms with Gasteiger partial charge in [-0.2, -0.15) is 0 Å². The lowest BCUT2D eigenvalue weighted by molar-refractivity contribution is -0.634. The van der Waals surface area contributed by atoms with Gasteiger partial charge in [-0.3, -0.25) is 0 Å². The maximum atomic E-state index is 5.04. The normalized spacial score (nSPS) is 16.0. The van der Waals surface area contributed by atoms with E-state index in [1.54, 1.807) is 0 Å². The van der Waals surface area contributed by atoms with Gasteiger partial charge >= 0.3 is 0 Å². The number of nitrogens with zero attached hydrogens (tertiary/aromatic N) is 3. The van der Waals surface area contributed by atoms with Gasteiger partial charge in [0.2, 0.25) is 0 Å². The molecule has 4 aromatic rings. The molecule has 0 unspecified atom stereocenters.